The van der Waals surface area contributed by atoms with E-state index in [-0.39, 0.29) is 0 Å². The molecule has 0 saturated heterocycles. The van der Waals surface area contributed by atoms with Crippen molar-refractivity contribution in [2.75, 3.05) is 11.1 Å². The Morgan fingerprint density at radius 1 is 1.47 bits per heavy atom. The lowest BCUT2D eigenvalue weighted by Gasteiger charge is -2.05. The van der Waals surface area contributed by atoms with Crippen LogP contribution in [0.1, 0.15) is 5.56 Å². The Morgan fingerprint density at radius 3 is 2.80 bits per heavy atom. The highest BCUT2D eigenvalue weighted by atomic mass is 15.3. The smallest absolute Gasteiger partial charge is 0.202 e. The third-order valence-corrected chi connectivity index (χ3v) is 2.32. The van der Waals surface area contributed by atoms with Crippen LogP contribution in [-0.2, 0) is 20.6 Å². The number of nitrogens with one attached hydrogen (secondary N) is 1. The molecule has 15 heavy (non-hydrogen) atoms. The molecule has 0 saturated carbocycles. The van der Waals surface area contributed by atoms with E-state index in [0.29, 0.717) is 12.4 Å². The minimum atomic E-state index is 0.629. The summed E-state index contributed by atoms with van der Waals surface area (Å²) in [5.74, 6) is 1.50. The number of anilines is 2. The van der Waals surface area contributed by atoms with Gasteiger partial charge in [-0.3, -0.25) is 4.68 Å². The zero-order valence-electron chi connectivity index (χ0n) is 8.81. The molecule has 0 aromatic carbocycles. The molecule has 0 aliphatic rings. The van der Waals surface area contributed by atoms with Gasteiger partial charge in [-0.25, -0.2) is 4.98 Å². The number of nitrogens with two attached hydrogens (primary N) is 1. The van der Waals surface area contributed by atoms with Crippen LogP contribution in [0.15, 0.2) is 18.6 Å². The van der Waals surface area contributed by atoms with Gasteiger partial charge in [0.25, 0.3) is 0 Å². The summed E-state index contributed by atoms with van der Waals surface area (Å²) in [7, 11) is 3.75. The maximum Gasteiger partial charge on any atom is 0.202 e. The quantitative estimate of drug-likeness (QED) is 0.760. The van der Waals surface area contributed by atoms with Crippen molar-refractivity contribution in [2.45, 2.75) is 6.54 Å². The van der Waals surface area contributed by atoms with Crippen LogP contribution in [0.25, 0.3) is 0 Å². The number of imidazole rings is 1. The first-order valence-electron chi connectivity index (χ1n) is 4.66. The van der Waals surface area contributed by atoms with Crippen LogP contribution in [-0.4, -0.2) is 19.3 Å². The molecule has 6 heteroatoms. The Kier molecular flexibility index (Phi) is 2.32. The Bertz CT molecular complexity index is 455. The van der Waals surface area contributed by atoms with Gasteiger partial charge in [0, 0.05) is 38.6 Å². The van der Waals surface area contributed by atoms with E-state index in [1.54, 1.807) is 17.1 Å². The predicted molar refractivity (Wildman–Crippen MR) is 58.2 cm³/mol. The zero-order chi connectivity index (χ0) is 10.8. The second kappa shape index (κ2) is 3.64. The molecule has 0 aliphatic heterocycles. The number of rotatable bonds is 3. The van der Waals surface area contributed by atoms with Crippen molar-refractivity contribution in [3.8, 4) is 0 Å². The third-order valence-electron chi connectivity index (χ3n) is 2.32. The van der Waals surface area contributed by atoms with Gasteiger partial charge in [0.15, 0.2) is 0 Å². The monoisotopic (exact) mass is 206 g/mol. The van der Waals surface area contributed by atoms with E-state index in [2.05, 4.69) is 15.4 Å². The lowest BCUT2D eigenvalue weighted by molar-refractivity contribution is 0.778. The number of hydrogen-bond acceptors (Lipinski definition) is 4. The SMILES string of the molecule is Cn1ccnc1NCc1cnn(C)c1N. The highest BCUT2D eigenvalue weighted by molar-refractivity contribution is 5.41. The van der Waals surface area contributed by atoms with Crippen LogP contribution in [0.5, 0.6) is 0 Å². The Labute approximate surface area is 87.7 Å². The van der Waals surface area contributed by atoms with Crippen LogP contribution >= 0.6 is 0 Å². The summed E-state index contributed by atoms with van der Waals surface area (Å²) in [6.45, 7) is 0.629. The molecule has 2 aromatic rings. The summed E-state index contributed by atoms with van der Waals surface area (Å²) in [5.41, 5.74) is 6.79. The zero-order valence-corrected chi connectivity index (χ0v) is 8.81. The molecule has 0 aliphatic carbocycles. The van der Waals surface area contributed by atoms with Gasteiger partial charge in [0.05, 0.1) is 6.20 Å². The molecule has 80 valence electrons. The van der Waals surface area contributed by atoms with Crippen molar-refractivity contribution >= 4 is 11.8 Å². The first kappa shape index (κ1) is 9.57. The molecular weight excluding hydrogens is 192 g/mol. The molecule has 0 spiro atoms. The highest BCUT2D eigenvalue weighted by Gasteiger charge is 2.05. The number of aryl methyl sites for hydroxylation is 2. The molecule has 2 rings (SSSR count). The van der Waals surface area contributed by atoms with E-state index in [4.69, 9.17) is 5.73 Å². The standard InChI is InChI=1S/C9H14N6/c1-14-4-3-11-9(14)12-5-7-6-13-15(2)8(7)10/h3-4,6H,5,10H2,1-2H3,(H,11,12). The molecule has 0 unspecified atom stereocenters. The lowest BCUT2D eigenvalue weighted by atomic mass is 10.3. The van der Waals surface area contributed by atoms with Gasteiger partial charge in [0.2, 0.25) is 5.95 Å². The lowest BCUT2D eigenvalue weighted by Crippen LogP contribution is -2.06. The maximum absolute atomic E-state index is 5.81. The van der Waals surface area contributed by atoms with Crippen molar-refractivity contribution in [3.05, 3.63) is 24.2 Å². The number of aromatic nitrogens is 4. The fraction of sp³-hybridized carbons (Fsp3) is 0.333. The second-order valence-corrected chi connectivity index (χ2v) is 3.39. The van der Waals surface area contributed by atoms with Crippen molar-refractivity contribution in [1.82, 2.24) is 19.3 Å². The fourth-order valence-corrected chi connectivity index (χ4v) is 1.34. The van der Waals surface area contributed by atoms with Gasteiger partial charge in [-0.2, -0.15) is 5.10 Å². The second-order valence-electron chi connectivity index (χ2n) is 3.39. The normalized spacial score (nSPS) is 10.5. The van der Waals surface area contributed by atoms with Crippen molar-refractivity contribution in [2.24, 2.45) is 14.1 Å². The summed E-state index contributed by atoms with van der Waals surface area (Å²) in [6, 6.07) is 0. The van der Waals surface area contributed by atoms with Crippen LogP contribution in [0, 0.1) is 0 Å². The first-order chi connectivity index (χ1) is 7.18. The topological polar surface area (TPSA) is 73.7 Å². The Hall–Kier alpha value is -1.98. The Balaban J connectivity index is 2.05. The highest BCUT2D eigenvalue weighted by Crippen LogP contribution is 2.11. The molecule has 0 amide bonds. The summed E-state index contributed by atoms with van der Waals surface area (Å²) in [4.78, 5) is 4.15. The molecule has 0 bridgehead atoms. The predicted octanol–water partition coefficient (Wildman–Crippen LogP) is 0.348. The molecule has 2 aromatic heterocycles. The molecule has 3 N–H and O–H groups in total. The van der Waals surface area contributed by atoms with E-state index in [1.807, 2.05) is 24.9 Å². The third kappa shape index (κ3) is 1.78. The minimum Gasteiger partial charge on any atom is -0.384 e. The van der Waals surface area contributed by atoms with E-state index in [0.717, 1.165) is 11.5 Å². The van der Waals surface area contributed by atoms with Crippen molar-refractivity contribution in [1.29, 1.82) is 0 Å². The maximum atomic E-state index is 5.81. The van der Waals surface area contributed by atoms with Gasteiger partial charge in [-0.1, -0.05) is 0 Å². The molecule has 0 fully saturated rings. The van der Waals surface area contributed by atoms with Gasteiger partial charge in [-0.05, 0) is 0 Å². The summed E-state index contributed by atoms with van der Waals surface area (Å²) in [5, 5.41) is 7.24. The van der Waals surface area contributed by atoms with Gasteiger partial charge >= 0.3 is 0 Å². The molecule has 0 atom stereocenters. The Morgan fingerprint density at radius 2 is 2.27 bits per heavy atom. The van der Waals surface area contributed by atoms with Crippen molar-refractivity contribution in [3.63, 3.8) is 0 Å². The fourth-order valence-electron chi connectivity index (χ4n) is 1.34. The van der Waals surface area contributed by atoms with Crippen LogP contribution in [0.3, 0.4) is 0 Å². The summed E-state index contributed by atoms with van der Waals surface area (Å²) in [6.07, 6.45) is 5.38. The summed E-state index contributed by atoms with van der Waals surface area (Å²) >= 11 is 0. The van der Waals surface area contributed by atoms with Gasteiger partial charge in [-0.15, -0.1) is 0 Å². The van der Waals surface area contributed by atoms with E-state index < -0.39 is 0 Å². The number of nitrogens with zero attached hydrogens (tertiary/aromatic N) is 4. The van der Waals surface area contributed by atoms with Gasteiger partial charge in [0.1, 0.15) is 5.82 Å². The molecule has 0 radical (unpaired) electrons. The van der Waals surface area contributed by atoms with Crippen LogP contribution in [0.2, 0.25) is 0 Å². The largest absolute Gasteiger partial charge is 0.384 e. The number of hydrogen-bond donors (Lipinski definition) is 2. The molecule has 2 heterocycles. The molecule has 6 nitrogen and oxygen atoms in total. The first-order valence-corrected chi connectivity index (χ1v) is 4.66. The van der Waals surface area contributed by atoms with E-state index in [9.17, 15) is 0 Å². The van der Waals surface area contributed by atoms with Crippen LogP contribution < -0.4 is 11.1 Å². The van der Waals surface area contributed by atoms with Gasteiger partial charge < -0.3 is 15.6 Å². The van der Waals surface area contributed by atoms with E-state index >= 15 is 0 Å². The van der Waals surface area contributed by atoms with Crippen LogP contribution in [0.4, 0.5) is 11.8 Å². The van der Waals surface area contributed by atoms with Crippen molar-refractivity contribution < 1.29 is 0 Å². The minimum absolute atomic E-state index is 0.629. The summed E-state index contributed by atoms with van der Waals surface area (Å²) < 4.78 is 3.56. The average molecular weight is 206 g/mol. The molecular formula is C9H14N6. The average Bonchev–Trinajstić information content (AvgIpc) is 2.74. The van der Waals surface area contributed by atoms with E-state index in [1.165, 1.54) is 0 Å². The number of nitrogen functional groups attached to an aromatic ring is 1.